The van der Waals surface area contributed by atoms with Crippen LogP contribution in [0.2, 0.25) is 0 Å². The Hall–Kier alpha value is -2.32. The number of rotatable bonds is 10. The minimum atomic E-state index is -0.475. The van der Waals surface area contributed by atoms with Crippen molar-refractivity contribution in [2.24, 2.45) is 17.3 Å². The van der Waals surface area contributed by atoms with Gasteiger partial charge in [-0.25, -0.2) is 0 Å². The van der Waals surface area contributed by atoms with E-state index in [1.807, 2.05) is 6.92 Å². The van der Waals surface area contributed by atoms with Crippen molar-refractivity contribution in [3.05, 3.63) is 35.9 Å². The molecule has 4 N–H and O–H groups in total. The first kappa shape index (κ1) is 30.1. The molecule has 0 unspecified atom stereocenters. The van der Waals surface area contributed by atoms with Gasteiger partial charge in [0.15, 0.2) is 11.9 Å². The van der Waals surface area contributed by atoms with Gasteiger partial charge >= 0.3 is 0 Å². The van der Waals surface area contributed by atoms with Crippen LogP contribution in [0.1, 0.15) is 71.8 Å². The molecule has 0 aromatic heterocycles. The molecule has 0 amide bonds. The van der Waals surface area contributed by atoms with Crippen LogP contribution in [0, 0.1) is 28.1 Å². The van der Waals surface area contributed by atoms with Crippen LogP contribution in [0.25, 0.3) is 0 Å². The SMILES string of the molecule is C[C@H](O)[C@@H]1CN([C@H](Cc2ccccc2)CN2CCC[C@H]2CN2CCNC2=N)C(=N)N1CC1CCC(C(C)(C)C)CC1. The van der Waals surface area contributed by atoms with Crippen LogP contribution in [0.5, 0.6) is 0 Å². The van der Waals surface area contributed by atoms with Gasteiger partial charge in [-0.15, -0.1) is 0 Å². The molecular weight excluding hydrogens is 510 g/mol. The monoisotopic (exact) mass is 565 g/mol. The van der Waals surface area contributed by atoms with Crippen molar-refractivity contribution < 1.29 is 5.11 Å². The first-order chi connectivity index (χ1) is 19.6. The lowest BCUT2D eigenvalue weighted by Gasteiger charge is -2.39. The van der Waals surface area contributed by atoms with Crippen LogP contribution in [0.15, 0.2) is 30.3 Å². The van der Waals surface area contributed by atoms with Crippen LogP contribution in [-0.4, -0.2) is 107 Å². The average Bonchev–Trinajstić information content (AvgIpc) is 3.64. The third kappa shape index (κ3) is 7.19. The molecule has 1 aliphatic carbocycles. The van der Waals surface area contributed by atoms with Crippen LogP contribution in [0.3, 0.4) is 0 Å². The van der Waals surface area contributed by atoms with Crippen LogP contribution >= 0.6 is 0 Å². The van der Waals surface area contributed by atoms with E-state index in [1.54, 1.807) is 0 Å². The third-order valence-corrected chi connectivity index (χ3v) is 10.5. The maximum atomic E-state index is 10.9. The topological polar surface area (TPSA) is 92.9 Å². The van der Waals surface area contributed by atoms with Gasteiger partial charge in [0, 0.05) is 51.4 Å². The Morgan fingerprint density at radius 1 is 1.00 bits per heavy atom. The molecule has 3 heterocycles. The maximum absolute atomic E-state index is 10.9. The average molecular weight is 566 g/mol. The Balaban J connectivity index is 1.30. The summed E-state index contributed by atoms with van der Waals surface area (Å²) in [5.74, 6) is 2.54. The fourth-order valence-electron chi connectivity index (χ4n) is 7.90. The van der Waals surface area contributed by atoms with E-state index in [4.69, 9.17) is 5.41 Å². The first-order valence-corrected chi connectivity index (χ1v) is 16.3. The highest BCUT2D eigenvalue weighted by molar-refractivity contribution is 5.80. The van der Waals surface area contributed by atoms with Crippen molar-refractivity contribution in [1.29, 1.82) is 10.8 Å². The van der Waals surface area contributed by atoms with Crippen molar-refractivity contribution in [3.8, 4) is 0 Å². The minimum absolute atomic E-state index is 0.0355. The summed E-state index contributed by atoms with van der Waals surface area (Å²) in [7, 11) is 0. The van der Waals surface area contributed by atoms with E-state index in [1.165, 1.54) is 44.1 Å². The molecule has 1 aromatic rings. The zero-order valence-corrected chi connectivity index (χ0v) is 26.0. The largest absolute Gasteiger partial charge is 0.391 e. The second-order valence-corrected chi connectivity index (χ2v) is 14.4. The fraction of sp³-hybridized carbons (Fsp3) is 0.758. The molecule has 0 bridgehead atoms. The standard InChI is InChI=1S/C33H55N7O/c1-24(41)30-23-39(32(35)40(30)20-26-12-14-27(15-13-26)33(2,3)4)29(19-25-9-6-5-7-10-25)22-37-17-8-11-28(37)21-38-18-16-36-31(38)34/h5-7,9-10,24,26-30,35,41H,8,11-23H2,1-4H3,(H2,34,36)/t24-,26?,27?,28-,29+,30-/m0/s1. The molecule has 5 rings (SSSR count). The zero-order valence-electron chi connectivity index (χ0n) is 26.0. The van der Waals surface area contributed by atoms with Gasteiger partial charge in [-0.2, -0.15) is 0 Å². The van der Waals surface area contributed by atoms with Crippen molar-refractivity contribution in [2.45, 2.75) is 96.9 Å². The Kier molecular flexibility index (Phi) is 9.49. The lowest BCUT2D eigenvalue weighted by atomic mass is 9.70. The Labute approximate surface area is 248 Å². The van der Waals surface area contributed by atoms with Crippen molar-refractivity contribution in [1.82, 2.24) is 24.9 Å². The molecule has 0 spiro atoms. The van der Waals surface area contributed by atoms with E-state index in [9.17, 15) is 10.5 Å². The fourth-order valence-corrected chi connectivity index (χ4v) is 7.90. The first-order valence-electron chi connectivity index (χ1n) is 16.3. The van der Waals surface area contributed by atoms with Gasteiger partial charge in [0.1, 0.15) is 0 Å². The molecule has 41 heavy (non-hydrogen) atoms. The van der Waals surface area contributed by atoms with Crippen molar-refractivity contribution >= 4 is 11.9 Å². The maximum Gasteiger partial charge on any atom is 0.194 e. The van der Waals surface area contributed by atoms with E-state index in [0.29, 0.717) is 35.8 Å². The number of benzene rings is 1. The quantitative estimate of drug-likeness (QED) is 0.342. The summed E-state index contributed by atoms with van der Waals surface area (Å²) in [6, 6.07) is 11.3. The molecule has 0 radical (unpaired) electrons. The molecule has 4 atom stereocenters. The van der Waals surface area contributed by atoms with Gasteiger partial charge < -0.3 is 25.1 Å². The molecule has 4 fully saturated rings. The van der Waals surface area contributed by atoms with E-state index in [2.05, 4.69) is 76.0 Å². The number of nitrogens with one attached hydrogen (secondary N) is 3. The summed E-state index contributed by atoms with van der Waals surface area (Å²) >= 11 is 0. The molecule has 1 saturated carbocycles. The summed E-state index contributed by atoms with van der Waals surface area (Å²) < 4.78 is 0. The number of aliphatic hydroxyl groups excluding tert-OH is 1. The normalized spacial score (nSPS) is 29.3. The van der Waals surface area contributed by atoms with Crippen LogP contribution in [-0.2, 0) is 6.42 Å². The third-order valence-electron chi connectivity index (χ3n) is 10.5. The highest BCUT2D eigenvalue weighted by atomic mass is 16.3. The van der Waals surface area contributed by atoms with Gasteiger partial charge in [-0.3, -0.25) is 15.7 Å². The summed E-state index contributed by atoms with van der Waals surface area (Å²) in [5.41, 5.74) is 1.67. The highest BCUT2D eigenvalue weighted by Gasteiger charge is 2.43. The number of hydrogen-bond acceptors (Lipinski definition) is 4. The van der Waals surface area contributed by atoms with E-state index in [0.717, 1.165) is 51.6 Å². The summed E-state index contributed by atoms with van der Waals surface area (Å²) in [6.07, 6.45) is 7.77. The van der Waals surface area contributed by atoms with Crippen LogP contribution in [0.4, 0.5) is 0 Å². The van der Waals surface area contributed by atoms with Gasteiger partial charge in [-0.05, 0) is 81.2 Å². The van der Waals surface area contributed by atoms with E-state index >= 15 is 0 Å². The number of nitrogens with zero attached hydrogens (tertiary/aromatic N) is 4. The lowest BCUT2D eigenvalue weighted by molar-refractivity contribution is 0.0868. The van der Waals surface area contributed by atoms with Gasteiger partial charge in [0.05, 0.1) is 12.1 Å². The summed E-state index contributed by atoms with van der Waals surface area (Å²) in [5, 5.41) is 31.8. The zero-order chi connectivity index (χ0) is 29.1. The van der Waals surface area contributed by atoms with Gasteiger partial charge in [-0.1, -0.05) is 51.1 Å². The predicted molar refractivity (Wildman–Crippen MR) is 167 cm³/mol. The number of aliphatic hydroxyl groups is 1. The predicted octanol–water partition coefficient (Wildman–Crippen LogP) is 4.06. The molecule has 4 aliphatic rings. The molecular formula is C33H55N7O. The molecule has 8 heteroatoms. The second-order valence-electron chi connectivity index (χ2n) is 14.4. The van der Waals surface area contributed by atoms with Crippen molar-refractivity contribution in [2.75, 3.05) is 45.8 Å². The lowest BCUT2D eigenvalue weighted by Crippen LogP contribution is -2.51. The Morgan fingerprint density at radius 3 is 2.37 bits per heavy atom. The molecule has 3 aliphatic heterocycles. The van der Waals surface area contributed by atoms with E-state index in [-0.39, 0.29) is 12.1 Å². The molecule has 8 nitrogen and oxygen atoms in total. The summed E-state index contributed by atoms with van der Waals surface area (Å²) in [4.78, 5) is 9.39. The summed E-state index contributed by atoms with van der Waals surface area (Å²) in [6.45, 7) is 15.3. The second kappa shape index (κ2) is 12.9. The number of hydrogen-bond donors (Lipinski definition) is 4. The Bertz CT molecular complexity index is 1020. The molecule has 1 aromatic carbocycles. The molecule has 228 valence electrons. The minimum Gasteiger partial charge on any atom is -0.391 e. The van der Waals surface area contributed by atoms with Gasteiger partial charge in [0.2, 0.25) is 0 Å². The smallest absolute Gasteiger partial charge is 0.194 e. The highest BCUT2D eigenvalue weighted by Crippen LogP contribution is 2.40. The molecule has 3 saturated heterocycles. The van der Waals surface area contributed by atoms with Gasteiger partial charge in [0.25, 0.3) is 0 Å². The van der Waals surface area contributed by atoms with Crippen LogP contribution < -0.4 is 5.32 Å². The van der Waals surface area contributed by atoms with Crippen molar-refractivity contribution in [3.63, 3.8) is 0 Å². The van der Waals surface area contributed by atoms with E-state index < -0.39 is 6.10 Å². The Morgan fingerprint density at radius 2 is 1.73 bits per heavy atom. The number of guanidine groups is 2. The number of likely N-dealkylation sites (tertiary alicyclic amines) is 1.